The molecule has 2 atom stereocenters. The van der Waals surface area contributed by atoms with E-state index in [1.807, 2.05) is 26.8 Å². The van der Waals surface area contributed by atoms with Crippen LogP contribution in [0.2, 0.25) is 0 Å². The van der Waals surface area contributed by atoms with E-state index in [0.717, 1.165) is 17.9 Å². The highest BCUT2D eigenvalue weighted by atomic mass is 32.2. The smallest absolute Gasteiger partial charge is 0.243 e. The molecule has 4 heterocycles. The summed E-state index contributed by atoms with van der Waals surface area (Å²) in [6.45, 7) is 7.12. The van der Waals surface area contributed by atoms with Gasteiger partial charge in [-0.25, -0.2) is 18.4 Å². The molecule has 5 rings (SSSR count). The number of sulfonamides is 1. The van der Waals surface area contributed by atoms with Crippen molar-refractivity contribution in [3.63, 3.8) is 0 Å². The van der Waals surface area contributed by atoms with Gasteiger partial charge in [-0.15, -0.1) is 0 Å². The van der Waals surface area contributed by atoms with Crippen LogP contribution in [0.5, 0.6) is 5.75 Å². The molecule has 3 fully saturated rings. The predicted molar refractivity (Wildman–Crippen MR) is 102 cm³/mol. The predicted octanol–water partition coefficient (Wildman–Crippen LogP) is 2.22. The maximum atomic E-state index is 13.1. The summed E-state index contributed by atoms with van der Waals surface area (Å²) in [6, 6.07) is 8.61. The summed E-state index contributed by atoms with van der Waals surface area (Å²) in [5.74, 6) is 1.54. The number of ether oxygens (including phenoxy) is 1. The fourth-order valence-electron chi connectivity index (χ4n) is 3.85. The van der Waals surface area contributed by atoms with E-state index >= 15 is 0 Å². The highest BCUT2D eigenvalue weighted by Gasteiger charge is 2.51. The maximum Gasteiger partial charge on any atom is 0.243 e. The van der Waals surface area contributed by atoms with Crippen molar-refractivity contribution in [1.29, 1.82) is 0 Å². The standard InChI is InChI=1S/C19H24N4O3S/c1-13(2)26-17-4-6-18(7-5-17)27(24,25)23-15-9-16(23)11-22(10-15)19-8-14(3)20-12-21-19/h4-8,12-13,15-16H,9-11H2,1-3H3. The number of piperidine rings is 1. The van der Waals surface area contributed by atoms with Crippen molar-refractivity contribution in [1.82, 2.24) is 14.3 Å². The Labute approximate surface area is 160 Å². The van der Waals surface area contributed by atoms with Crippen LogP contribution in [0.25, 0.3) is 0 Å². The molecule has 2 bridgehead atoms. The van der Waals surface area contributed by atoms with Gasteiger partial charge in [0.25, 0.3) is 0 Å². The van der Waals surface area contributed by atoms with Crippen molar-refractivity contribution >= 4 is 15.8 Å². The number of aryl methyl sites for hydroxylation is 1. The third-order valence-electron chi connectivity index (χ3n) is 5.01. The minimum Gasteiger partial charge on any atom is -0.491 e. The lowest BCUT2D eigenvalue weighted by atomic mass is 9.91. The monoisotopic (exact) mass is 388 g/mol. The van der Waals surface area contributed by atoms with Gasteiger partial charge >= 0.3 is 0 Å². The molecule has 0 saturated carbocycles. The zero-order chi connectivity index (χ0) is 19.2. The van der Waals surface area contributed by atoms with Crippen LogP contribution in [-0.4, -0.2) is 54.0 Å². The molecule has 0 aliphatic carbocycles. The molecule has 2 aromatic rings. The lowest BCUT2D eigenvalue weighted by Crippen LogP contribution is -2.70. The van der Waals surface area contributed by atoms with Gasteiger partial charge in [-0.2, -0.15) is 4.31 Å². The molecule has 3 aliphatic heterocycles. The van der Waals surface area contributed by atoms with E-state index in [1.165, 1.54) is 0 Å². The normalized spacial score (nSPS) is 22.6. The molecule has 7 nitrogen and oxygen atoms in total. The van der Waals surface area contributed by atoms with Crippen LogP contribution in [0, 0.1) is 6.92 Å². The second kappa shape index (κ2) is 6.76. The third-order valence-corrected chi connectivity index (χ3v) is 7.03. The van der Waals surface area contributed by atoms with Crippen LogP contribution in [0.15, 0.2) is 41.6 Å². The molecule has 3 saturated heterocycles. The van der Waals surface area contributed by atoms with E-state index < -0.39 is 10.0 Å². The highest BCUT2D eigenvalue weighted by Crippen LogP contribution is 2.38. The first-order valence-electron chi connectivity index (χ1n) is 9.18. The summed E-state index contributed by atoms with van der Waals surface area (Å²) in [7, 11) is -3.50. The molecule has 1 aromatic heterocycles. The Morgan fingerprint density at radius 1 is 1.11 bits per heavy atom. The quantitative estimate of drug-likeness (QED) is 0.782. The van der Waals surface area contributed by atoms with Gasteiger partial charge in [-0.3, -0.25) is 0 Å². The van der Waals surface area contributed by atoms with Crippen molar-refractivity contribution in [2.75, 3.05) is 18.0 Å². The van der Waals surface area contributed by atoms with Gasteiger partial charge in [0.1, 0.15) is 17.9 Å². The van der Waals surface area contributed by atoms with Crippen LogP contribution < -0.4 is 9.64 Å². The van der Waals surface area contributed by atoms with E-state index in [2.05, 4.69) is 14.9 Å². The molecule has 0 radical (unpaired) electrons. The Kier molecular flexibility index (Phi) is 4.55. The van der Waals surface area contributed by atoms with E-state index in [-0.39, 0.29) is 18.2 Å². The Morgan fingerprint density at radius 3 is 2.37 bits per heavy atom. The van der Waals surface area contributed by atoms with Crippen molar-refractivity contribution in [3.8, 4) is 5.75 Å². The average Bonchev–Trinajstić information content (AvgIpc) is 2.61. The molecule has 144 valence electrons. The number of fused-ring (bicyclic) bond motifs is 2. The van der Waals surface area contributed by atoms with Gasteiger partial charge in [0.05, 0.1) is 11.0 Å². The van der Waals surface area contributed by atoms with Crippen LogP contribution in [0.4, 0.5) is 5.82 Å². The number of rotatable bonds is 5. The number of benzene rings is 1. The molecule has 0 N–H and O–H groups in total. The van der Waals surface area contributed by atoms with Gasteiger partial charge in [-0.1, -0.05) is 0 Å². The van der Waals surface area contributed by atoms with Crippen molar-refractivity contribution in [2.45, 2.75) is 50.3 Å². The minimum absolute atomic E-state index is 0.0180. The summed E-state index contributed by atoms with van der Waals surface area (Å²) >= 11 is 0. The number of hydrogen-bond donors (Lipinski definition) is 0. The molecule has 2 unspecified atom stereocenters. The fraction of sp³-hybridized carbons (Fsp3) is 0.474. The fourth-order valence-corrected chi connectivity index (χ4v) is 5.67. The molecule has 0 amide bonds. The van der Waals surface area contributed by atoms with E-state index in [4.69, 9.17) is 4.74 Å². The number of aromatic nitrogens is 2. The number of anilines is 1. The van der Waals surface area contributed by atoms with Gasteiger partial charge < -0.3 is 9.64 Å². The number of piperazine rings is 1. The van der Waals surface area contributed by atoms with Gasteiger partial charge in [0.15, 0.2) is 0 Å². The summed E-state index contributed by atoms with van der Waals surface area (Å²) in [5, 5.41) is 0. The summed E-state index contributed by atoms with van der Waals surface area (Å²) in [5.41, 5.74) is 0.910. The molecule has 0 spiro atoms. The molecule has 3 aliphatic rings. The zero-order valence-electron chi connectivity index (χ0n) is 15.7. The van der Waals surface area contributed by atoms with Crippen molar-refractivity contribution < 1.29 is 13.2 Å². The second-order valence-electron chi connectivity index (χ2n) is 7.44. The number of hydrogen-bond acceptors (Lipinski definition) is 6. The Bertz CT molecular complexity index is 918. The topological polar surface area (TPSA) is 75.6 Å². The third kappa shape index (κ3) is 3.39. The minimum atomic E-state index is -3.50. The first-order chi connectivity index (χ1) is 12.8. The van der Waals surface area contributed by atoms with Crippen LogP contribution in [-0.2, 0) is 10.0 Å². The van der Waals surface area contributed by atoms with Gasteiger partial charge in [-0.05, 0) is 51.5 Å². The Morgan fingerprint density at radius 2 is 1.78 bits per heavy atom. The lowest BCUT2D eigenvalue weighted by molar-refractivity contribution is 0.0874. The zero-order valence-corrected chi connectivity index (χ0v) is 16.6. The Balaban J connectivity index is 1.50. The van der Waals surface area contributed by atoms with Gasteiger partial charge in [0.2, 0.25) is 10.0 Å². The molecule has 8 heteroatoms. The molecule has 27 heavy (non-hydrogen) atoms. The van der Waals surface area contributed by atoms with Crippen LogP contribution in [0.3, 0.4) is 0 Å². The van der Waals surface area contributed by atoms with Crippen molar-refractivity contribution in [3.05, 3.63) is 42.4 Å². The molecular formula is C19H24N4O3S. The van der Waals surface area contributed by atoms with Crippen LogP contribution >= 0.6 is 0 Å². The first kappa shape index (κ1) is 18.2. The largest absolute Gasteiger partial charge is 0.491 e. The van der Waals surface area contributed by atoms with Crippen molar-refractivity contribution in [2.24, 2.45) is 0 Å². The molecule has 1 aromatic carbocycles. The van der Waals surface area contributed by atoms with E-state index in [0.29, 0.717) is 23.7 Å². The first-order valence-corrected chi connectivity index (χ1v) is 10.6. The SMILES string of the molecule is Cc1cc(N2CC3CC(C2)N3S(=O)(=O)c2ccc(OC(C)C)cc2)ncn1. The van der Waals surface area contributed by atoms with Gasteiger partial charge in [0, 0.05) is 36.9 Å². The number of nitrogens with zero attached hydrogens (tertiary/aromatic N) is 4. The Hall–Kier alpha value is -2.19. The average molecular weight is 388 g/mol. The maximum absolute atomic E-state index is 13.1. The second-order valence-corrected chi connectivity index (χ2v) is 9.28. The lowest BCUT2D eigenvalue weighted by Gasteiger charge is -2.55. The van der Waals surface area contributed by atoms with Crippen LogP contribution in [0.1, 0.15) is 26.0 Å². The molecular weight excluding hydrogens is 364 g/mol. The highest BCUT2D eigenvalue weighted by molar-refractivity contribution is 7.89. The summed E-state index contributed by atoms with van der Waals surface area (Å²) in [4.78, 5) is 10.9. The van der Waals surface area contributed by atoms with E-state index in [9.17, 15) is 8.42 Å². The van der Waals surface area contributed by atoms with E-state index in [1.54, 1.807) is 34.9 Å². The summed E-state index contributed by atoms with van der Waals surface area (Å²) < 4.78 is 33.5. The summed E-state index contributed by atoms with van der Waals surface area (Å²) in [6.07, 6.45) is 2.51.